The molecule has 3 aromatic rings. The first-order valence-electron chi connectivity index (χ1n) is 7.04. The third kappa shape index (κ3) is 2.73. The van der Waals surface area contributed by atoms with Crippen LogP contribution in [0, 0.1) is 12.7 Å². The van der Waals surface area contributed by atoms with Gasteiger partial charge in [0.1, 0.15) is 10.3 Å². The van der Waals surface area contributed by atoms with Gasteiger partial charge in [-0.3, -0.25) is 9.20 Å². The maximum absolute atomic E-state index is 13.5. The molecule has 24 heavy (non-hydrogen) atoms. The predicted octanol–water partition coefficient (Wildman–Crippen LogP) is 3.22. The molecule has 0 aliphatic carbocycles. The van der Waals surface area contributed by atoms with Crippen LogP contribution in [0.4, 0.5) is 10.1 Å². The third-order valence-electron chi connectivity index (χ3n) is 3.66. The van der Waals surface area contributed by atoms with Crippen molar-refractivity contribution in [2.45, 2.75) is 6.92 Å². The van der Waals surface area contributed by atoms with Crippen molar-refractivity contribution in [1.29, 1.82) is 0 Å². The number of hydrogen-bond acceptors (Lipinski definition) is 4. The molecule has 0 saturated carbocycles. The average Bonchev–Trinajstić information content (AvgIpc) is 2.96. The Labute approximate surface area is 146 Å². The van der Waals surface area contributed by atoms with E-state index in [1.54, 1.807) is 30.8 Å². The Kier molecular flexibility index (Phi) is 4.23. The Bertz CT molecular complexity index is 941. The molecule has 0 aliphatic rings. The zero-order chi connectivity index (χ0) is 17.4. The summed E-state index contributed by atoms with van der Waals surface area (Å²) in [7, 11) is 2.97. The normalized spacial score (nSPS) is 10.9. The molecule has 6 nitrogen and oxygen atoms in total. The molecule has 1 amide bonds. The Hall–Kier alpha value is -2.48. The molecule has 0 N–H and O–H groups in total. The summed E-state index contributed by atoms with van der Waals surface area (Å²) >= 11 is 3.38. The lowest BCUT2D eigenvalue weighted by Gasteiger charge is -2.18. The van der Waals surface area contributed by atoms with Gasteiger partial charge in [0.2, 0.25) is 0 Å². The maximum Gasteiger partial charge on any atom is 0.278 e. The van der Waals surface area contributed by atoms with Crippen LogP contribution in [0.5, 0.6) is 5.75 Å². The SMILES string of the molecule is COc1cc(N(C)C(=O)c2cn3c(Br)cnc3c(C)n2)ccc1F. The van der Waals surface area contributed by atoms with Crippen LogP contribution in [0.3, 0.4) is 0 Å². The highest BCUT2D eigenvalue weighted by atomic mass is 79.9. The summed E-state index contributed by atoms with van der Waals surface area (Å²) in [6.45, 7) is 1.78. The molecule has 2 aromatic heterocycles. The number of rotatable bonds is 3. The van der Waals surface area contributed by atoms with E-state index in [1.807, 2.05) is 0 Å². The minimum atomic E-state index is -0.486. The van der Waals surface area contributed by atoms with Gasteiger partial charge in [0, 0.05) is 25.0 Å². The van der Waals surface area contributed by atoms with Crippen LogP contribution in [0.2, 0.25) is 0 Å². The largest absolute Gasteiger partial charge is 0.494 e. The maximum atomic E-state index is 13.5. The summed E-state index contributed by atoms with van der Waals surface area (Å²) in [6.07, 6.45) is 3.26. The van der Waals surface area contributed by atoms with Gasteiger partial charge in [-0.05, 0) is 35.0 Å². The summed E-state index contributed by atoms with van der Waals surface area (Å²) in [4.78, 5) is 22.7. The van der Waals surface area contributed by atoms with Crippen LogP contribution in [0.1, 0.15) is 16.2 Å². The van der Waals surface area contributed by atoms with E-state index in [-0.39, 0.29) is 17.4 Å². The van der Waals surface area contributed by atoms with Gasteiger partial charge in [0.15, 0.2) is 17.2 Å². The predicted molar refractivity (Wildman–Crippen MR) is 91.1 cm³/mol. The summed E-state index contributed by atoms with van der Waals surface area (Å²) in [5, 5.41) is 0. The number of benzene rings is 1. The van der Waals surface area contributed by atoms with Crippen LogP contribution in [-0.4, -0.2) is 34.4 Å². The second-order valence-electron chi connectivity index (χ2n) is 5.17. The molecule has 0 bridgehead atoms. The molecule has 0 saturated heterocycles. The van der Waals surface area contributed by atoms with Crippen LogP contribution < -0.4 is 9.64 Å². The first-order chi connectivity index (χ1) is 11.4. The van der Waals surface area contributed by atoms with Gasteiger partial charge in [-0.25, -0.2) is 14.4 Å². The fraction of sp³-hybridized carbons (Fsp3) is 0.188. The first-order valence-corrected chi connectivity index (χ1v) is 7.83. The number of imidazole rings is 1. The number of nitrogens with zero attached hydrogens (tertiary/aromatic N) is 4. The van der Waals surface area contributed by atoms with Crippen LogP contribution in [0.25, 0.3) is 5.65 Å². The lowest BCUT2D eigenvalue weighted by atomic mass is 10.2. The molecule has 0 aliphatic heterocycles. The number of fused-ring (bicyclic) bond motifs is 1. The summed E-state index contributed by atoms with van der Waals surface area (Å²) in [5.74, 6) is -0.738. The number of ether oxygens (including phenoxy) is 1. The van der Waals surface area contributed by atoms with Crippen LogP contribution in [-0.2, 0) is 0 Å². The summed E-state index contributed by atoms with van der Waals surface area (Å²) in [5.41, 5.74) is 2.06. The van der Waals surface area contributed by atoms with Crippen molar-refractivity contribution in [1.82, 2.24) is 14.4 Å². The minimum Gasteiger partial charge on any atom is -0.494 e. The molecule has 3 rings (SSSR count). The number of carbonyl (C=O) groups excluding carboxylic acids is 1. The van der Waals surface area contributed by atoms with E-state index in [1.165, 1.54) is 30.2 Å². The number of hydrogen-bond donors (Lipinski definition) is 0. The molecule has 0 unspecified atom stereocenters. The molecule has 2 heterocycles. The smallest absolute Gasteiger partial charge is 0.278 e. The lowest BCUT2D eigenvalue weighted by molar-refractivity contribution is 0.0987. The number of amides is 1. The van der Waals surface area contributed by atoms with Gasteiger partial charge < -0.3 is 9.64 Å². The third-order valence-corrected chi connectivity index (χ3v) is 4.25. The first kappa shape index (κ1) is 16.4. The van der Waals surface area contributed by atoms with Crippen molar-refractivity contribution in [3.05, 3.63) is 52.4 Å². The molecule has 0 fully saturated rings. The molecule has 0 atom stereocenters. The minimum absolute atomic E-state index is 0.0732. The van der Waals surface area contributed by atoms with E-state index in [0.717, 1.165) is 4.60 Å². The average molecular weight is 393 g/mol. The van der Waals surface area contributed by atoms with Gasteiger partial charge in [0.05, 0.1) is 19.0 Å². The van der Waals surface area contributed by atoms with Crippen molar-refractivity contribution in [3.63, 3.8) is 0 Å². The Balaban J connectivity index is 2.00. The fourth-order valence-electron chi connectivity index (χ4n) is 2.36. The Morgan fingerprint density at radius 3 is 2.88 bits per heavy atom. The number of aromatic nitrogens is 3. The van der Waals surface area contributed by atoms with Crippen molar-refractivity contribution in [2.75, 3.05) is 19.1 Å². The number of methoxy groups -OCH3 is 1. The van der Waals surface area contributed by atoms with Gasteiger partial charge in [-0.2, -0.15) is 0 Å². The molecular formula is C16H14BrFN4O2. The highest BCUT2D eigenvalue weighted by Gasteiger charge is 2.19. The highest BCUT2D eigenvalue weighted by molar-refractivity contribution is 9.10. The lowest BCUT2D eigenvalue weighted by Crippen LogP contribution is -2.27. The number of halogens is 2. The van der Waals surface area contributed by atoms with E-state index in [2.05, 4.69) is 25.9 Å². The van der Waals surface area contributed by atoms with Gasteiger partial charge >= 0.3 is 0 Å². The topological polar surface area (TPSA) is 59.7 Å². The van der Waals surface area contributed by atoms with Crippen LogP contribution in [0.15, 0.2) is 35.2 Å². The van der Waals surface area contributed by atoms with Crippen molar-refractivity contribution < 1.29 is 13.9 Å². The standard InChI is InChI=1S/C16H14BrFN4O2/c1-9-15-19-7-14(17)22(15)8-12(20-9)16(23)21(2)10-4-5-11(18)13(6-10)24-3/h4-8H,1-3H3. The van der Waals surface area contributed by atoms with Crippen molar-refractivity contribution in [2.24, 2.45) is 0 Å². The van der Waals surface area contributed by atoms with Crippen molar-refractivity contribution in [3.8, 4) is 5.75 Å². The molecule has 0 radical (unpaired) electrons. The highest BCUT2D eigenvalue weighted by Crippen LogP contribution is 2.25. The van der Waals surface area contributed by atoms with Crippen LogP contribution >= 0.6 is 15.9 Å². The van der Waals surface area contributed by atoms with Gasteiger partial charge in [0.25, 0.3) is 5.91 Å². The van der Waals surface area contributed by atoms with Crippen molar-refractivity contribution >= 4 is 33.2 Å². The molecule has 124 valence electrons. The number of carbonyl (C=O) groups is 1. The van der Waals surface area contributed by atoms with E-state index in [9.17, 15) is 9.18 Å². The molecular weight excluding hydrogens is 379 g/mol. The Morgan fingerprint density at radius 1 is 1.42 bits per heavy atom. The second-order valence-corrected chi connectivity index (χ2v) is 5.98. The van der Waals surface area contributed by atoms with E-state index < -0.39 is 5.82 Å². The van der Waals surface area contributed by atoms with E-state index >= 15 is 0 Å². The number of aryl methyl sites for hydroxylation is 1. The summed E-state index contributed by atoms with van der Waals surface area (Å²) in [6, 6.07) is 4.23. The van der Waals surface area contributed by atoms with Gasteiger partial charge in [-0.1, -0.05) is 0 Å². The monoisotopic (exact) mass is 392 g/mol. The number of anilines is 1. The van der Waals surface area contributed by atoms with Gasteiger partial charge in [-0.15, -0.1) is 0 Å². The second kappa shape index (κ2) is 6.20. The quantitative estimate of drug-likeness (QED) is 0.686. The zero-order valence-corrected chi connectivity index (χ0v) is 14.8. The zero-order valence-electron chi connectivity index (χ0n) is 13.2. The Morgan fingerprint density at radius 2 is 2.17 bits per heavy atom. The van der Waals surface area contributed by atoms with E-state index in [4.69, 9.17) is 4.74 Å². The molecule has 8 heteroatoms. The van der Waals surface area contributed by atoms with E-state index in [0.29, 0.717) is 17.0 Å². The fourth-order valence-corrected chi connectivity index (χ4v) is 2.73. The summed E-state index contributed by atoms with van der Waals surface area (Å²) < 4.78 is 21.0. The molecule has 1 aromatic carbocycles. The molecule has 0 spiro atoms.